The normalized spacial score (nSPS) is 26.2. The molecule has 1 N–H and O–H groups in total. The van der Waals surface area contributed by atoms with Gasteiger partial charge in [0.15, 0.2) is 0 Å². The van der Waals surface area contributed by atoms with Gasteiger partial charge in [-0.1, -0.05) is 24.3 Å². The lowest BCUT2D eigenvalue weighted by molar-refractivity contribution is -0.00735. The van der Waals surface area contributed by atoms with Gasteiger partial charge in [-0.25, -0.2) is 13.1 Å². The van der Waals surface area contributed by atoms with Crippen molar-refractivity contribution in [2.75, 3.05) is 39.8 Å². The number of piperidine rings is 3. The SMILES string of the molecule is CN(CCc1ccccn1)CC1CN2CCC1CC2CNS(=O)(=O)c1ccccc1. The van der Waals surface area contributed by atoms with Crippen molar-refractivity contribution in [1.29, 1.82) is 0 Å². The summed E-state index contributed by atoms with van der Waals surface area (Å²) in [7, 11) is -1.23. The predicted molar refractivity (Wildman–Crippen MR) is 119 cm³/mol. The van der Waals surface area contributed by atoms with Gasteiger partial charge in [0.05, 0.1) is 4.90 Å². The van der Waals surface area contributed by atoms with E-state index in [0.717, 1.165) is 44.7 Å². The Balaban J connectivity index is 1.26. The van der Waals surface area contributed by atoms with E-state index in [0.29, 0.717) is 29.3 Å². The van der Waals surface area contributed by atoms with Crippen LogP contribution in [0.4, 0.5) is 0 Å². The molecule has 162 valence electrons. The Bertz CT molecular complexity index is 907. The van der Waals surface area contributed by atoms with Crippen LogP contribution in [0.25, 0.3) is 0 Å². The molecule has 4 heterocycles. The van der Waals surface area contributed by atoms with E-state index in [9.17, 15) is 8.42 Å². The van der Waals surface area contributed by atoms with Crippen LogP contribution in [0.5, 0.6) is 0 Å². The molecule has 2 bridgehead atoms. The van der Waals surface area contributed by atoms with Gasteiger partial charge in [0.25, 0.3) is 0 Å². The Morgan fingerprint density at radius 2 is 1.97 bits per heavy atom. The van der Waals surface area contributed by atoms with Crippen molar-refractivity contribution < 1.29 is 8.42 Å². The summed E-state index contributed by atoms with van der Waals surface area (Å²) in [6.07, 6.45) is 5.13. The molecule has 2 aromatic rings. The highest BCUT2D eigenvalue weighted by atomic mass is 32.2. The minimum atomic E-state index is -3.43. The van der Waals surface area contributed by atoms with Gasteiger partial charge >= 0.3 is 0 Å². The largest absolute Gasteiger partial charge is 0.306 e. The lowest BCUT2D eigenvalue weighted by Gasteiger charge is -2.50. The Morgan fingerprint density at radius 3 is 2.67 bits per heavy atom. The van der Waals surface area contributed by atoms with Gasteiger partial charge in [-0.2, -0.15) is 0 Å². The van der Waals surface area contributed by atoms with E-state index in [4.69, 9.17) is 0 Å². The zero-order chi connectivity index (χ0) is 21.0. The third kappa shape index (κ3) is 5.27. The minimum absolute atomic E-state index is 0.303. The molecule has 0 saturated carbocycles. The molecule has 7 heteroatoms. The molecule has 0 aliphatic carbocycles. The van der Waals surface area contributed by atoms with Crippen molar-refractivity contribution in [2.24, 2.45) is 11.8 Å². The molecule has 3 saturated heterocycles. The molecule has 4 atom stereocenters. The van der Waals surface area contributed by atoms with Crippen LogP contribution < -0.4 is 4.72 Å². The summed E-state index contributed by atoms with van der Waals surface area (Å²) >= 11 is 0. The number of rotatable bonds is 9. The van der Waals surface area contributed by atoms with Crippen LogP contribution in [-0.4, -0.2) is 69.0 Å². The molecule has 3 aliphatic rings. The van der Waals surface area contributed by atoms with Crippen LogP contribution in [0.3, 0.4) is 0 Å². The van der Waals surface area contributed by atoms with Crippen LogP contribution >= 0.6 is 0 Å². The number of hydrogen-bond donors (Lipinski definition) is 1. The number of nitrogens with one attached hydrogen (secondary N) is 1. The van der Waals surface area contributed by atoms with E-state index < -0.39 is 10.0 Å². The zero-order valence-electron chi connectivity index (χ0n) is 17.7. The van der Waals surface area contributed by atoms with Crippen LogP contribution in [-0.2, 0) is 16.4 Å². The molecular weight excluding hydrogens is 396 g/mol. The highest BCUT2D eigenvalue weighted by Crippen LogP contribution is 2.36. The van der Waals surface area contributed by atoms with Crippen molar-refractivity contribution >= 4 is 10.0 Å². The summed E-state index contributed by atoms with van der Waals surface area (Å²) in [6, 6.07) is 15.0. The number of benzene rings is 1. The van der Waals surface area contributed by atoms with Gasteiger partial charge in [-0.3, -0.25) is 9.88 Å². The van der Waals surface area contributed by atoms with Gasteiger partial charge in [0, 0.05) is 50.5 Å². The average Bonchev–Trinajstić information content (AvgIpc) is 2.78. The number of fused-ring (bicyclic) bond motifs is 3. The summed E-state index contributed by atoms with van der Waals surface area (Å²) in [5, 5.41) is 0. The van der Waals surface area contributed by atoms with Crippen molar-refractivity contribution in [2.45, 2.75) is 30.2 Å². The first-order chi connectivity index (χ1) is 14.5. The number of likely N-dealkylation sites (N-methyl/N-ethyl adjacent to an activating group) is 1. The first kappa shape index (κ1) is 21.4. The Hall–Kier alpha value is -1.80. The van der Waals surface area contributed by atoms with Gasteiger partial charge in [-0.05, 0) is 62.5 Å². The van der Waals surface area contributed by atoms with Crippen molar-refractivity contribution in [3.8, 4) is 0 Å². The second-order valence-electron chi connectivity index (χ2n) is 8.69. The number of hydrogen-bond acceptors (Lipinski definition) is 5. The van der Waals surface area contributed by atoms with E-state index in [2.05, 4.69) is 32.6 Å². The Labute approximate surface area is 180 Å². The average molecular weight is 429 g/mol. The van der Waals surface area contributed by atoms with Crippen LogP contribution in [0.15, 0.2) is 59.6 Å². The molecule has 1 aromatic heterocycles. The smallest absolute Gasteiger partial charge is 0.240 e. The standard InChI is InChI=1S/C23H32N4O2S/c1-26(13-11-21-7-5-6-12-24-21)17-20-18-27-14-10-19(20)15-22(27)16-25-30(28,29)23-8-3-2-4-9-23/h2-9,12,19-20,22,25H,10-11,13-18H2,1H3. The highest BCUT2D eigenvalue weighted by molar-refractivity contribution is 7.89. The van der Waals surface area contributed by atoms with Gasteiger partial charge in [-0.15, -0.1) is 0 Å². The van der Waals surface area contributed by atoms with E-state index in [-0.39, 0.29) is 0 Å². The molecule has 4 unspecified atom stereocenters. The van der Waals surface area contributed by atoms with E-state index in [1.807, 2.05) is 24.4 Å². The van der Waals surface area contributed by atoms with Gasteiger partial charge < -0.3 is 4.90 Å². The predicted octanol–water partition coefficient (Wildman–Crippen LogP) is 2.24. The molecule has 0 radical (unpaired) electrons. The second kappa shape index (κ2) is 9.56. The lowest BCUT2D eigenvalue weighted by atomic mass is 9.75. The fourth-order valence-corrected chi connectivity index (χ4v) is 5.99. The fourth-order valence-electron chi connectivity index (χ4n) is 4.90. The minimum Gasteiger partial charge on any atom is -0.306 e. The maximum Gasteiger partial charge on any atom is 0.240 e. The molecule has 30 heavy (non-hydrogen) atoms. The zero-order valence-corrected chi connectivity index (χ0v) is 18.5. The molecule has 0 spiro atoms. The van der Waals surface area contributed by atoms with Crippen LogP contribution in [0, 0.1) is 11.8 Å². The van der Waals surface area contributed by atoms with Crippen molar-refractivity contribution in [3.63, 3.8) is 0 Å². The van der Waals surface area contributed by atoms with Crippen LogP contribution in [0.2, 0.25) is 0 Å². The summed E-state index contributed by atoms with van der Waals surface area (Å²) in [4.78, 5) is 9.67. The third-order valence-corrected chi connectivity index (χ3v) is 8.04. The third-order valence-electron chi connectivity index (χ3n) is 6.60. The van der Waals surface area contributed by atoms with Gasteiger partial charge in [0.2, 0.25) is 10.0 Å². The molecule has 0 amide bonds. The first-order valence-corrected chi connectivity index (χ1v) is 12.4. The molecule has 3 fully saturated rings. The monoisotopic (exact) mass is 428 g/mol. The molecule has 3 aliphatic heterocycles. The lowest BCUT2D eigenvalue weighted by Crippen LogP contribution is -2.58. The number of pyridine rings is 1. The molecule has 5 rings (SSSR count). The topological polar surface area (TPSA) is 65.5 Å². The van der Waals surface area contributed by atoms with Crippen molar-refractivity contribution in [3.05, 3.63) is 60.4 Å². The van der Waals surface area contributed by atoms with Gasteiger partial charge in [0.1, 0.15) is 0 Å². The maximum absolute atomic E-state index is 12.5. The number of aromatic nitrogens is 1. The molecular formula is C23H32N4O2S. The first-order valence-electron chi connectivity index (χ1n) is 10.9. The Kier molecular flexibility index (Phi) is 6.83. The maximum atomic E-state index is 12.5. The second-order valence-corrected chi connectivity index (χ2v) is 10.5. The quantitative estimate of drug-likeness (QED) is 0.664. The molecule has 1 aromatic carbocycles. The number of nitrogens with zero attached hydrogens (tertiary/aromatic N) is 3. The Morgan fingerprint density at radius 1 is 1.17 bits per heavy atom. The van der Waals surface area contributed by atoms with E-state index in [1.165, 1.54) is 6.42 Å². The fraction of sp³-hybridized carbons (Fsp3) is 0.522. The highest BCUT2D eigenvalue weighted by Gasteiger charge is 2.40. The van der Waals surface area contributed by atoms with E-state index in [1.54, 1.807) is 24.3 Å². The van der Waals surface area contributed by atoms with Crippen LogP contribution in [0.1, 0.15) is 18.5 Å². The van der Waals surface area contributed by atoms with Crippen molar-refractivity contribution in [1.82, 2.24) is 19.5 Å². The summed E-state index contributed by atoms with van der Waals surface area (Å²) in [6.45, 7) is 4.75. The summed E-state index contributed by atoms with van der Waals surface area (Å²) < 4.78 is 27.9. The van der Waals surface area contributed by atoms with E-state index >= 15 is 0 Å². The number of sulfonamides is 1. The summed E-state index contributed by atoms with van der Waals surface area (Å²) in [5.41, 5.74) is 1.14. The molecule has 6 nitrogen and oxygen atoms in total. The summed E-state index contributed by atoms with van der Waals surface area (Å²) in [5.74, 6) is 1.34.